The Morgan fingerprint density at radius 1 is 0.786 bits per heavy atom. The lowest BCUT2D eigenvalue weighted by Gasteiger charge is -2.20. The first-order chi connectivity index (χ1) is 13.8. The highest BCUT2D eigenvalue weighted by molar-refractivity contribution is 6.28. The van der Waals surface area contributed by atoms with E-state index in [1.165, 1.54) is 43.4 Å². The molecule has 2 N–H and O–H groups in total. The Hall–Kier alpha value is -2.88. The van der Waals surface area contributed by atoms with Crippen LogP contribution >= 0.6 is 0 Å². The van der Waals surface area contributed by atoms with Crippen LogP contribution in [-0.2, 0) is 4.74 Å². The average Bonchev–Trinajstić information content (AvgIpc) is 3.10. The number of nitrogens with zero attached hydrogens (tertiary/aromatic N) is 1. The van der Waals surface area contributed by atoms with Gasteiger partial charge in [-0.25, -0.2) is 0 Å². The third-order valence-electron chi connectivity index (χ3n) is 5.80. The van der Waals surface area contributed by atoms with Gasteiger partial charge in [-0.15, -0.1) is 0 Å². The van der Waals surface area contributed by atoms with Crippen LogP contribution in [-0.4, -0.2) is 18.2 Å². The molecule has 3 heteroatoms. The molecule has 5 aromatic rings. The largest absolute Gasteiger partial charge is 0.361 e. The average molecular weight is 368 g/mol. The second kappa shape index (κ2) is 6.93. The van der Waals surface area contributed by atoms with E-state index in [1.807, 2.05) is 0 Å². The first-order valence-corrected chi connectivity index (χ1v) is 9.89. The van der Waals surface area contributed by atoms with Crippen molar-refractivity contribution in [1.82, 2.24) is 4.57 Å². The fraction of sp³-hybridized carbons (Fsp3) is 0.200. The van der Waals surface area contributed by atoms with Gasteiger partial charge in [-0.05, 0) is 53.1 Å². The van der Waals surface area contributed by atoms with Crippen molar-refractivity contribution < 1.29 is 4.74 Å². The van der Waals surface area contributed by atoms with Crippen molar-refractivity contribution in [1.29, 1.82) is 0 Å². The van der Waals surface area contributed by atoms with Crippen LogP contribution in [0.3, 0.4) is 0 Å². The lowest BCUT2D eigenvalue weighted by Crippen LogP contribution is -2.13. The molecular formula is C25H24N2O. The van der Waals surface area contributed by atoms with Crippen molar-refractivity contribution in [2.24, 2.45) is 5.73 Å². The first kappa shape index (κ1) is 17.2. The predicted octanol–water partition coefficient (Wildman–Crippen LogP) is 5.98. The smallest absolute Gasteiger partial charge is 0.134 e. The molecule has 0 bridgehead atoms. The molecule has 0 saturated carbocycles. The molecule has 0 radical (unpaired) electrons. The van der Waals surface area contributed by atoms with Crippen LogP contribution in [0.4, 0.5) is 0 Å². The van der Waals surface area contributed by atoms with Crippen LogP contribution in [0, 0.1) is 0 Å². The highest BCUT2D eigenvalue weighted by Crippen LogP contribution is 2.41. The number of rotatable bonds is 5. The lowest BCUT2D eigenvalue weighted by molar-refractivity contribution is 0.0427. The number of aromatic nitrogens is 1. The van der Waals surface area contributed by atoms with E-state index < -0.39 is 0 Å². The number of nitrogens with two attached hydrogens (primary N) is 1. The summed E-state index contributed by atoms with van der Waals surface area (Å²) in [5.41, 5.74) is 8.23. The molecule has 0 spiro atoms. The Morgan fingerprint density at radius 2 is 1.32 bits per heavy atom. The molecule has 0 aliphatic heterocycles. The summed E-state index contributed by atoms with van der Waals surface area (Å²) < 4.78 is 8.30. The molecule has 0 fully saturated rings. The maximum atomic E-state index is 5.94. The molecule has 0 aliphatic carbocycles. The van der Waals surface area contributed by atoms with Crippen molar-refractivity contribution in [2.45, 2.75) is 19.1 Å². The van der Waals surface area contributed by atoms with E-state index in [9.17, 15) is 0 Å². The highest BCUT2D eigenvalue weighted by atomic mass is 16.5. The molecule has 3 nitrogen and oxygen atoms in total. The van der Waals surface area contributed by atoms with Crippen LogP contribution in [0.2, 0.25) is 0 Å². The number of hydrogen-bond acceptors (Lipinski definition) is 2. The van der Waals surface area contributed by atoms with E-state index in [1.54, 1.807) is 7.11 Å². The van der Waals surface area contributed by atoms with Gasteiger partial charge in [0.2, 0.25) is 0 Å². The molecule has 1 aromatic heterocycles. The molecule has 0 aliphatic rings. The van der Waals surface area contributed by atoms with E-state index in [-0.39, 0.29) is 6.23 Å². The molecule has 1 atom stereocenters. The number of methoxy groups -OCH3 is 1. The van der Waals surface area contributed by atoms with Gasteiger partial charge in [-0.2, -0.15) is 0 Å². The topological polar surface area (TPSA) is 40.2 Å². The van der Waals surface area contributed by atoms with Gasteiger partial charge in [0.25, 0.3) is 0 Å². The van der Waals surface area contributed by atoms with E-state index in [0.717, 1.165) is 12.8 Å². The summed E-state index contributed by atoms with van der Waals surface area (Å²) in [7, 11) is 1.79. The fourth-order valence-corrected chi connectivity index (χ4v) is 4.53. The van der Waals surface area contributed by atoms with Crippen molar-refractivity contribution in [3.05, 3.63) is 72.8 Å². The first-order valence-electron chi connectivity index (χ1n) is 9.89. The monoisotopic (exact) mass is 368 g/mol. The van der Waals surface area contributed by atoms with Crippen LogP contribution in [0.25, 0.3) is 43.4 Å². The van der Waals surface area contributed by atoms with E-state index >= 15 is 0 Å². The Morgan fingerprint density at radius 3 is 1.82 bits per heavy atom. The zero-order chi connectivity index (χ0) is 19.1. The summed E-state index contributed by atoms with van der Waals surface area (Å²) in [4.78, 5) is 0. The van der Waals surface area contributed by atoms with Gasteiger partial charge >= 0.3 is 0 Å². The molecule has 4 aromatic carbocycles. The number of fused-ring (bicyclic) bond motifs is 7. The van der Waals surface area contributed by atoms with Crippen LogP contribution in [0.5, 0.6) is 0 Å². The Bertz CT molecular complexity index is 1210. The summed E-state index contributed by atoms with van der Waals surface area (Å²) in [6.07, 6.45) is 1.79. The van der Waals surface area contributed by atoms with Gasteiger partial charge in [0.15, 0.2) is 0 Å². The number of hydrogen-bond donors (Lipinski definition) is 1. The quantitative estimate of drug-likeness (QED) is 0.414. The zero-order valence-electron chi connectivity index (χ0n) is 16.1. The van der Waals surface area contributed by atoms with Crippen molar-refractivity contribution in [3.8, 4) is 0 Å². The Balaban J connectivity index is 1.99. The van der Waals surface area contributed by atoms with Gasteiger partial charge in [0, 0.05) is 17.9 Å². The highest BCUT2D eigenvalue weighted by Gasteiger charge is 2.20. The SMILES string of the molecule is COC(CCCN)n1c2ccc3ccccc3c2c2c3ccccc3ccc21. The van der Waals surface area contributed by atoms with Gasteiger partial charge in [0.05, 0.1) is 11.0 Å². The van der Waals surface area contributed by atoms with Gasteiger partial charge < -0.3 is 15.0 Å². The zero-order valence-corrected chi connectivity index (χ0v) is 16.1. The third-order valence-corrected chi connectivity index (χ3v) is 5.80. The molecule has 28 heavy (non-hydrogen) atoms. The van der Waals surface area contributed by atoms with Crippen LogP contribution < -0.4 is 5.73 Å². The third kappa shape index (κ3) is 2.51. The van der Waals surface area contributed by atoms with Gasteiger partial charge in [-0.3, -0.25) is 0 Å². The molecule has 0 amide bonds. The maximum Gasteiger partial charge on any atom is 0.134 e. The molecule has 1 unspecified atom stereocenters. The van der Waals surface area contributed by atoms with Crippen LogP contribution in [0.1, 0.15) is 19.1 Å². The van der Waals surface area contributed by atoms with E-state index in [0.29, 0.717) is 6.54 Å². The Labute approximate surface area is 164 Å². The molecule has 5 rings (SSSR count). The summed E-state index contributed by atoms with van der Waals surface area (Å²) in [6.45, 7) is 0.669. The second-order valence-electron chi connectivity index (χ2n) is 7.35. The minimum absolute atomic E-state index is 0.0362. The lowest BCUT2D eigenvalue weighted by atomic mass is 10.00. The maximum absolute atomic E-state index is 5.94. The minimum atomic E-state index is -0.0362. The summed E-state index contributed by atoms with van der Waals surface area (Å²) >= 11 is 0. The standard InChI is InChI=1S/C25H24N2O/c1-28-23(11-6-16-26)27-21-14-12-17-7-2-4-9-19(17)24(21)25-20-10-5-3-8-18(20)13-15-22(25)27/h2-5,7-10,12-15,23H,6,11,16,26H2,1H3. The summed E-state index contributed by atoms with van der Waals surface area (Å²) in [5.74, 6) is 0. The summed E-state index contributed by atoms with van der Waals surface area (Å²) in [5, 5.41) is 7.71. The normalized spacial score (nSPS) is 13.1. The molecular weight excluding hydrogens is 344 g/mol. The van der Waals surface area contributed by atoms with E-state index in [2.05, 4.69) is 77.4 Å². The van der Waals surface area contributed by atoms with Crippen molar-refractivity contribution in [2.75, 3.05) is 13.7 Å². The second-order valence-corrected chi connectivity index (χ2v) is 7.35. The van der Waals surface area contributed by atoms with Gasteiger partial charge in [0.1, 0.15) is 6.23 Å². The van der Waals surface area contributed by atoms with Gasteiger partial charge in [-0.1, -0.05) is 60.7 Å². The molecule has 1 heterocycles. The number of ether oxygens (including phenoxy) is 1. The number of benzene rings is 4. The van der Waals surface area contributed by atoms with Crippen molar-refractivity contribution >= 4 is 43.4 Å². The molecule has 140 valence electrons. The Kier molecular flexibility index (Phi) is 4.27. The van der Waals surface area contributed by atoms with Crippen LogP contribution in [0.15, 0.2) is 72.8 Å². The van der Waals surface area contributed by atoms with E-state index in [4.69, 9.17) is 10.5 Å². The minimum Gasteiger partial charge on any atom is -0.361 e. The van der Waals surface area contributed by atoms with Crippen molar-refractivity contribution in [3.63, 3.8) is 0 Å². The predicted molar refractivity (Wildman–Crippen MR) is 119 cm³/mol. The fourth-order valence-electron chi connectivity index (χ4n) is 4.53. The summed E-state index contributed by atoms with van der Waals surface area (Å²) in [6, 6.07) is 26.2. The molecule has 0 saturated heterocycles.